The van der Waals surface area contributed by atoms with Crippen LogP contribution < -0.4 is 0 Å². The summed E-state index contributed by atoms with van der Waals surface area (Å²) in [6.45, 7) is 0. The Bertz CT molecular complexity index is 649. The first-order valence-electron chi connectivity index (χ1n) is 4.55. The molecule has 0 radical (unpaired) electrons. The average Bonchev–Trinajstić information content (AvgIpc) is 2.72. The van der Waals surface area contributed by atoms with Gasteiger partial charge in [0.2, 0.25) is 5.95 Å². The summed E-state index contributed by atoms with van der Waals surface area (Å²) < 4.78 is 37.9. The summed E-state index contributed by atoms with van der Waals surface area (Å²) in [4.78, 5) is 13.9. The van der Waals surface area contributed by atoms with Gasteiger partial charge in [-0.2, -0.15) is 4.39 Å². The van der Waals surface area contributed by atoms with Crippen LogP contribution in [0.2, 0.25) is 0 Å². The summed E-state index contributed by atoms with van der Waals surface area (Å²) in [6.07, 6.45) is 3.75. The van der Waals surface area contributed by atoms with Gasteiger partial charge in [0.25, 0.3) is 10.0 Å². The maximum absolute atomic E-state index is 13.5. The number of hydrogen-bond donors (Lipinski definition) is 0. The second-order valence-corrected chi connectivity index (χ2v) is 4.98. The van der Waals surface area contributed by atoms with Crippen LogP contribution in [0.15, 0.2) is 41.7 Å². The van der Waals surface area contributed by atoms with Crippen LogP contribution in [0.5, 0.6) is 0 Å². The van der Waals surface area contributed by atoms with Crippen molar-refractivity contribution in [3.8, 4) is 0 Å². The molecule has 2 aromatic rings. The van der Waals surface area contributed by atoms with Gasteiger partial charge in [-0.1, -0.05) is 0 Å². The molecule has 17 heavy (non-hydrogen) atoms. The van der Waals surface area contributed by atoms with Gasteiger partial charge in [0, 0.05) is 18.6 Å². The molecule has 0 N–H and O–H groups in total. The monoisotopic (exact) mass is 254 g/mol. The van der Waals surface area contributed by atoms with E-state index in [0.29, 0.717) is 3.97 Å². The molecule has 0 aromatic carbocycles. The Hall–Kier alpha value is -2.02. The number of halogens is 1. The highest BCUT2D eigenvalue weighted by molar-refractivity contribution is 7.90. The highest BCUT2D eigenvalue weighted by Crippen LogP contribution is 2.16. The second-order valence-electron chi connectivity index (χ2n) is 3.17. The van der Waals surface area contributed by atoms with Crippen molar-refractivity contribution in [1.82, 2.24) is 8.96 Å². The number of carbonyl (C=O) groups is 1. The van der Waals surface area contributed by atoms with E-state index in [-0.39, 0.29) is 16.7 Å². The molecule has 0 amide bonds. The van der Waals surface area contributed by atoms with E-state index >= 15 is 0 Å². The van der Waals surface area contributed by atoms with Gasteiger partial charge in [-0.3, -0.25) is 9.78 Å². The number of aromatic nitrogens is 2. The van der Waals surface area contributed by atoms with E-state index < -0.39 is 16.0 Å². The molecule has 0 saturated heterocycles. The first-order chi connectivity index (χ1) is 8.07. The van der Waals surface area contributed by atoms with Crippen molar-refractivity contribution < 1.29 is 17.6 Å². The smallest absolute Gasteiger partial charge is 0.271 e. The van der Waals surface area contributed by atoms with Gasteiger partial charge in [0.15, 0.2) is 6.29 Å². The highest BCUT2D eigenvalue weighted by Gasteiger charge is 2.21. The summed E-state index contributed by atoms with van der Waals surface area (Å²) in [5.41, 5.74) is -0.308. The minimum Gasteiger partial charge on any atom is -0.298 e. The molecule has 2 heterocycles. The Morgan fingerprint density at radius 3 is 2.65 bits per heavy atom. The predicted molar refractivity (Wildman–Crippen MR) is 56.6 cm³/mol. The van der Waals surface area contributed by atoms with Crippen molar-refractivity contribution in [3.63, 3.8) is 0 Å². The van der Waals surface area contributed by atoms with E-state index in [1.807, 2.05) is 0 Å². The fourth-order valence-corrected chi connectivity index (χ4v) is 2.51. The van der Waals surface area contributed by atoms with Crippen LogP contribution in [0, 0.1) is 5.95 Å². The average molecular weight is 254 g/mol. The Morgan fingerprint density at radius 1 is 1.35 bits per heavy atom. The van der Waals surface area contributed by atoms with Gasteiger partial charge >= 0.3 is 0 Å². The van der Waals surface area contributed by atoms with E-state index in [0.717, 1.165) is 18.5 Å². The van der Waals surface area contributed by atoms with E-state index in [9.17, 15) is 17.6 Å². The highest BCUT2D eigenvalue weighted by atomic mass is 32.2. The standard InChI is InChI=1S/C10H7FN2O3S/c11-10-8(7-14)3-5-13(10)17(15,16)9-2-1-4-12-6-9/h1-7H. The zero-order valence-electron chi connectivity index (χ0n) is 8.45. The zero-order valence-corrected chi connectivity index (χ0v) is 9.26. The van der Waals surface area contributed by atoms with Crippen LogP contribution in [0.3, 0.4) is 0 Å². The summed E-state index contributed by atoms with van der Waals surface area (Å²) in [5, 5.41) is 0. The number of nitrogens with zero attached hydrogens (tertiary/aromatic N) is 2. The summed E-state index contributed by atoms with van der Waals surface area (Å²) in [6, 6.07) is 3.81. The zero-order chi connectivity index (χ0) is 12.5. The normalized spacial score (nSPS) is 11.4. The fourth-order valence-electron chi connectivity index (χ4n) is 1.30. The van der Waals surface area contributed by atoms with Crippen LogP contribution in [-0.4, -0.2) is 23.7 Å². The molecule has 5 nitrogen and oxygen atoms in total. The first-order valence-corrected chi connectivity index (χ1v) is 5.99. The summed E-state index contributed by atoms with van der Waals surface area (Å²) in [5.74, 6) is -1.11. The maximum Gasteiger partial charge on any atom is 0.271 e. The molecule has 0 unspecified atom stereocenters. The quantitative estimate of drug-likeness (QED) is 0.768. The molecule has 0 aliphatic carbocycles. The largest absolute Gasteiger partial charge is 0.298 e. The van der Waals surface area contributed by atoms with Crippen molar-refractivity contribution >= 4 is 16.3 Å². The van der Waals surface area contributed by atoms with Crippen LogP contribution in [0.4, 0.5) is 4.39 Å². The van der Waals surface area contributed by atoms with Gasteiger partial charge in [0.05, 0.1) is 5.56 Å². The van der Waals surface area contributed by atoms with E-state index in [2.05, 4.69) is 4.98 Å². The lowest BCUT2D eigenvalue weighted by Crippen LogP contribution is -2.14. The van der Waals surface area contributed by atoms with Crippen LogP contribution in [0.25, 0.3) is 0 Å². The van der Waals surface area contributed by atoms with Crippen LogP contribution in [-0.2, 0) is 10.0 Å². The number of hydrogen-bond acceptors (Lipinski definition) is 4. The third kappa shape index (κ3) is 1.84. The first kappa shape index (κ1) is 11.5. The van der Waals surface area contributed by atoms with Crippen LogP contribution >= 0.6 is 0 Å². The predicted octanol–water partition coefficient (Wildman–Crippen LogP) is 1.07. The van der Waals surface area contributed by atoms with Crippen LogP contribution in [0.1, 0.15) is 10.4 Å². The maximum atomic E-state index is 13.5. The number of rotatable bonds is 3. The number of aldehydes is 1. The van der Waals surface area contributed by atoms with Gasteiger partial charge in [-0.15, -0.1) is 0 Å². The Labute approximate surface area is 96.6 Å². The lowest BCUT2D eigenvalue weighted by molar-refractivity contribution is 0.111. The van der Waals surface area contributed by atoms with Crippen molar-refractivity contribution in [2.45, 2.75) is 4.90 Å². The Kier molecular flexibility index (Phi) is 2.76. The van der Waals surface area contributed by atoms with E-state index in [4.69, 9.17) is 0 Å². The molecule has 0 aliphatic heterocycles. The molecule has 2 rings (SSSR count). The second kappa shape index (κ2) is 4.10. The minimum absolute atomic E-state index is 0.146. The molecule has 0 atom stereocenters. The topological polar surface area (TPSA) is 69.0 Å². The molecule has 7 heteroatoms. The molecule has 2 aromatic heterocycles. The minimum atomic E-state index is -4.04. The Morgan fingerprint density at radius 2 is 2.12 bits per heavy atom. The summed E-state index contributed by atoms with van der Waals surface area (Å²) >= 11 is 0. The lowest BCUT2D eigenvalue weighted by atomic mass is 10.4. The number of carbonyl (C=O) groups excluding carboxylic acids is 1. The lowest BCUT2D eigenvalue weighted by Gasteiger charge is -2.05. The van der Waals surface area contributed by atoms with Gasteiger partial charge < -0.3 is 0 Å². The van der Waals surface area contributed by atoms with Crippen molar-refractivity contribution in [1.29, 1.82) is 0 Å². The summed E-state index contributed by atoms with van der Waals surface area (Å²) in [7, 11) is -4.04. The number of pyridine rings is 1. The fraction of sp³-hybridized carbons (Fsp3) is 0. The molecular weight excluding hydrogens is 247 g/mol. The molecule has 0 bridgehead atoms. The van der Waals surface area contributed by atoms with Crippen molar-refractivity contribution in [2.75, 3.05) is 0 Å². The third-order valence-corrected chi connectivity index (χ3v) is 3.78. The molecule has 0 fully saturated rings. The van der Waals surface area contributed by atoms with E-state index in [1.165, 1.54) is 18.3 Å². The molecule has 0 saturated carbocycles. The Balaban J connectivity index is 2.60. The van der Waals surface area contributed by atoms with Gasteiger partial charge in [-0.25, -0.2) is 12.4 Å². The molecule has 88 valence electrons. The molecule has 0 aliphatic rings. The van der Waals surface area contributed by atoms with Crippen molar-refractivity contribution in [3.05, 3.63) is 48.3 Å². The van der Waals surface area contributed by atoms with Crippen molar-refractivity contribution in [2.24, 2.45) is 0 Å². The van der Waals surface area contributed by atoms with E-state index in [1.54, 1.807) is 0 Å². The molecule has 0 spiro atoms. The third-order valence-electron chi connectivity index (χ3n) is 2.14. The van der Waals surface area contributed by atoms with Gasteiger partial charge in [-0.05, 0) is 18.2 Å². The van der Waals surface area contributed by atoms with Gasteiger partial charge in [0.1, 0.15) is 4.90 Å². The SMILES string of the molecule is O=Cc1ccn(S(=O)(=O)c2cccnc2)c1F. The molecular formula is C10H7FN2O3S.